The molecule has 1 fully saturated rings. The predicted octanol–water partition coefficient (Wildman–Crippen LogP) is 2.78. The van der Waals surface area contributed by atoms with Crippen LogP contribution in [0.15, 0.2) is 36.9 Å². The lowest BCUT2D eigenvalue weighted by Crippen LogP contribution is -2.33. The number of hydrogen-bond acceptors (Lipinski definition) is 7. The van der Waals surface area contributed by atoms with Gasteiger partial charge in [0, 0.05) is 48.8 Å². The molecule has 3 heterocycles. The second kappa shape index (κ2) is 10.2. The highest BCUT2D eigenvalue weighted by Gasteiger charge is 2.19. The summed E-state index contributed by atoms with van der Waals surface area (Å²) in [5, 5.41) is 6.34. The quantitative estimate of drug-likeness (QED) is 0.482. The van der Waals surface area contributed by atoms with Gasteiger partial charge < -0.3 is 21.1 Å². The van der Waals surface area contributed by atoms with Crippen molar-refractivity contribution in [2.24, 2.45) is 5.73 Å². The first-order chi connectivity index (χ1) is 15.9. The van der Waals surface area contributed by atoms with E-state index in [9.17, 15) is 9.18 Å². The smallest absolute Gasteiger partial charge is 0.272 e. The van der Waals surface area contributed by atoms with E-state index in [4.69, 9.17) is 22.1 Å². The van der Waals surface area contributed by atoms with Crippen LogP contribution >= 0.6 is 11.6 Å². The predicted molar refractivity (Wildman–Crippen MR) is 122 cm³/mol. The van der Waals surface area contributed by atoms with Gasteiger partial charge in [-0.2, -0.15) is 4.98 Å². The number of carbonyl (C=O) groups is 1. The van der Waals surface area contributed by atoms with E-state index in [1.54, 1.807) is 23.0 Å². The molecule has 2 aromatic heterocycles. The topological polar surface area (TPSA) is 120 Å². The largest absolute Gasteiger partial charge is 0.381 e. The van der Waals surface area contributed by atoms with E-state index in [0.29, 0.717) is 30.5 Å². The third-order valence-corrected chi connectivity index (χ3v) is 5.61. The molecule has 1 amide bonds. The number of amides is 1. The zero-order valence-electron chi connectivity index (χ0n) is 18.1. The maximum absolute atomic E-state index is 13.7. The fourth-order valence-electron chi connectivity index (χ4n) is 3.63. The van der Waals surface area contributed by atoms with Crippen LogP contribution in [-0.4, -0.2) is 51.2 Å². The van der Waals surface area contributed by atoms with E-state index in [0.717, 1.165) is 18.4 Å². The average molecular weight is 474 g/mol. The number of rotatable bonds is 7. The highest BCUT2D eigenvalue weighted by Crippen LogP contribution is 2.20. The summed E-state index contributed by atoms with van der Waals surface area (Å²) in [6.07, 6.45) is 6.59. The molecule has 1 aliphatic rings. The number of nitrogens with two attached hydrogens (primary N) is 1. The Bertz CT molecular complexity index is 1110. The molecule has 0 unspecified atom stereocenters. The zero-order valence-corrected chi connectivity index (χ0v) is 18.8. The van der Waals surface area contributed by atoms with Crippen LogP contribution in [0.25, 0.3) is 5.82 Å². The Morgan fingerprint density at radius 2 is 2.12 bits per heavy atom. The van der Waals surface area contributed by atoms with Crippen molar-refractivity contribution in [1.29, 1.82) is 0 Å². The number of halogens is 2. The first kappa shape index (κ1) is 23.1. The van der Waals surface area contributed by atoms with E-state index in [2.05, 4.69) is 25.6 Å². The number of benzene rings is 1. The maximum Gasteiger partial charge on any atom is 0.272 e. The molecule has 0 spiro atoms. The first-order valence-electron chi connectivity index (χ1n) is 10.6. The molecular formula is C22H25ClFN7O2. The van der Waals surface area contributed by atoms with Gasteiger partial charge in [0.15, 0.2) is 0 Å². The molecule has 11 heteroatoms. The van der Waals surface area contributed by atoms with E-state index in [-0.39, 0.29) is 23.3 Å². The Morgan fingerprint density at radius 3 is 2.85 bits per heavy atom. The number of aryl methyl sites for hydroxylation is 1. The monoisotopic (exact) mass is 473 g/mol. The fraction of sp³-hybridized carbons (Fsp3) is 0.364. The van der Waals surface area contributed by atoms with Crippen molar-refractivity contribution in [1.82, 2.24) is 24.8 Å². The number of imidazole rings is 1. The van der Waals surface area contributed by atoms with Crippen molar-refractivity contribution in [3.05, 3.63) is 64.6 Å². The molecule has 174 valence electrons. The van der Waals surface area contributed by atoms with Crippen LogP contribution in [0.5, 0.6) is 0 Å². The number of anilines is 1. The summed E-state index contributed by atoms with van der Waals surface area (Å²) in [6, 6.07) is 3.68. The highest BCUT2D eigenvalue weighted by molar-refractivity contribution is 6.30. The summed E-state index contributed by atoms with van der Waals surface area (Å²) in [4.78, 5) is 26.0. The molecule has 33 heavy (non-hydrogen) atoms. The van der Waals surface area contributed by atoms with Gasteiger partial charge in [0.25, 0.3) is 5.91 Å². The van der Waals surface area contributed by atoms with Gasteiger partial charge in [-0.05, 0) is 43.5 Å². The molecule has 0 bridgehead atoms. The minimum Gasteiger partial charge on any atom is -0.381 e. The van der Waals surface area contributed by atoms with Crippen LogP contribution in [0.3, 0.4) is 0 Å². The third-order valence-electron chi connectivity index (χ3n) is 5.39. The summed E-state index contributed by atoms with van der Waals surface area (Å²) in [6.45, 7) is 3.37. The van der Waals surface area contributed by atoms with Crippen LogP contribution in [-0.2, 0) is 4.74 Å². The van der Waals surface area contributed by atoms with Gasteiger partial charge in [0.2, 0.25) is 5.95 Å². The molecule has 9 nitrogen and oxygen atoms in total. The number of hydrogen-bond donors (Lipinski definition) is 3. The minimum atomic E-state index is -0.619. The van der Waals surface area contributed by atoms with E-state index < -0.39 is 17.8 Å². The lowest BCUT2D eigenvalue weighted by Gasteiger charge is -2.23. The molecule has 1 aromatic carbocycles. The van der Waals surface area contributed by atoms with E-state index >= 15 is 0 Å². The fourth-order valence-corrected chi connectivity index (χ4v) is 3.86. The Hall–Kier alpha value is -3.08. The highest BCUT2D eigenvalue weighted by atomic mass is 35.5. The molecule has 4 rings (SSSR count). The molecule has 1 saturated heterocycles. The van der Waals surface area contributed by atoms with Gasteiger partial charge >= 0.3 is 0 Å². The Labute approximate surface area is 195 Å². The number of carbonyl (C=O) groups excluding carboxylic acids is 1. The molecule has 1 atom stereocenters. The SMILES string of the molecule is Cc1cnc(NC2CCOCC2)nc1-n1cnc(C(=O)N[C@@H](CN)c2cc(F)cc(Cl)c2)c1. The average Bonchev–Trinajstić information content (AvgIpc) is 3.29. The summed E-state index contributed by atoms with van der Waals surface area (Å²) < 4.78 is 20.8. The first-order valence-corrected chi connectivity index (χ1v) is 11.0. The van der Waals surface area contributed by atoms with Gasteiger partial charge in [0.1, 0.15) is 23.7 Å². The van der Waals surface area contributed by atoms with Crippen molar-refractivity contribution in [2.75, 3.05) is 25.1 Å². The van der Waals surface area contributed by atoms with Gasteiger partial charge in [-0.1, -0.05) is 11.6 Å². The zero-order chi connectivity index (χ0) is 23.4. The molecule has 0 radical (unpaired) electrons. The van der Waals surface area contributed by atoms with Crippen LogP contribution < -0.4 is 16.4 Å². The number of nitrogens with zero attached hydrogens (tertiary/aromatic N) is 4. The van der Waals surface area contributed by atoms with Crippen molar-refractivity contribution in [3.63, 3.8) is 0 Å². The normalized spacial score (nSPS) is 15.3. The van der Waals surface area contributed by atoms with Gasteiger partial charge in [-0.15, -0.1) is 0 Å². The van der Waals surface area contributed by atoms with Gasteiger partial charge in [-0.25, -0.2) is 14.4 Å². The van der Waals surface area contributed by atoms with Crippen LogP contribution in [0, 0.1) is 12.7 Å². The Balaban J connectivity index is 1.49. The Kier molecular flexibility index (Phi) is 7.17. The summed E-state index contributed by atoms with van der Waals surface area (Å²) in [5.41, 5.74) is 7.28. The van der Waals surface area contributed by atoms with Crippen molar-refractivity contribution in [3.8, 4) is 5.82 Å². The van der Waals surface area contributed by atoms with Crippen molar-refractivity contribution in [2.45, 2.75) is 31.8 Å². The van der Waals surface area contributed by atoms with Crippen LogP contribution in [0.2, 0.25) is 5.02 Å². The third kappa shape index (κ3) is 5.65. The molecule has 0 saturated carbocycles. The van der Waals surface area contributed by atoms with E-state index in [1.807, 2.05) is 6.92 Å². The molecule has 0 aliphatic carbocycles. The maximum atomic E-state index is 13.7. The van der Waals surface area contributed by atoms with Crippen molar-refractivity contribution >= 4 is 23.5 Å². The number of aromatic nitrogens is 4. The molecular weight excluding hydrogens is 449 g/mol. The van der Waals surface area contributed by atoms with Crippen LogP contribution in [0.1, 0.15) is 40.5 Å². The molecule has 3 aromatic rings. The van der Waals surface area contributed by atoms with Crippen molar-refractivity contribution < 1.29 is 13.9 Å². The number of nitrogens with one attached hydrogen (secondary N) is 2. The lowest BCUT2D eigenvalue weighted by atomic mass is 10.1. The second-order valence-corrected chi connectivity index (χ2v) is 8.30. The minimum absolute atomic E-state index is 0.0679. The second-order valence-electron chi connectivity index (χ2n) is 7.86. The summed E-state index contributed by atoms with van der Waals surface area (Å²) in [7, 11) is 0. The molecule has 4 N–H and O–H groups in total. The van der Waals surface area contributed by atoms with Gasteiger partial charge in [-0.3, -0.25) is 9.36 Å². The van der Waals surface area contributed by atoms with E-state index in [1.165, 1.54) is 18.5 Å². The standard InChI is InChI=1S/C22H25ClFN7O2/c1-13-10-26-22(28-17-2-4-33-5-3-17)30-20(13)31-11-19(27-12-31)21(32)29-18(9-25)14-6-15(23)8-16(24)7-14/h6-8,10-12,17-18H,2-5,9,25H2,1H3,(H,29,32)(H,26,28,30)/t18-/m0/s1. The summed E-state index contributed by atoms with van der Waals surface area (Å²) >= 11 is 5.93. The lowest BCUT2D eigenvalue weighted by molar-refractivity contribution is 0.0903. The Morgan fingerprint density at radius 1 is 1.33 bits per heavy atom. The molecule has 1 aliphatic heterocycles. The van der Waals surface area contributed by atoms with Gasteiger partial charge in [0.05, 0.1) is 6.04 Å². The van der Waals surface area contributed by atoms with Crippen LogP contribution in [0.4, 0.5) is 10.3 Å². The summed E-state index contributed by atoms with van der Waals surface area (Å²) in [5.74, 6) is 0.169. The number of ether oxygens (including phenoxy) is 1.